The summed E-state index contributed by atoms with van der Waals surface area (Å²) in [4.78, 5) is 0. The van der Waals surface area contributed by atoms with Crippen LogP contribution < -0.4 is 5.32 Å². The first-order valence-electron chi connectivity index (χ1n) is 6.28. The molecule has 0 bridgehead atoms. The lowest BCUT2D eigenvalue weighted by molar-refractivity contribution is 0.260. The van der Waals surface area contributed by atoms with Crippen LogP contribution in [-0.2, 0) is 0 Å². The minimum Gasteiger partial charge on any atom is -0.380 e. The fraction of sp³-hybridized carbons (Fsp3) is 0.571. The molecule has 1 saturated carbocycles. The Morgan fingerprint density at radius 1 is 1.12 bits per heavy atom. The van der Waals surface area contributed by atoms with Crippen LogP contribution in [0.5, 0.6) is 0 Å². The second-order valence-corrected chi connectivity index (χ2v) is 5.21. The number of rotatable bonds is 2. The molecule has 0 radical (unpaired) electrons. The van der Waals surface area contributed by atoms with Gasteiger partial charge in [0.1, 0.15) is 0 Å². The summed E-state index contributed by atoms with van der Waals surface area (Å²) in [7, 11) is 0. The fourth-order valence-corrected chi connectivity index (χ4v) is 2.51. The van der Waals surface area contributed by atoms with Gasteiger partial charge in [-0.05, 0) is 43.2 Å². The molecular formula is C14H19F2N. The molecule has 3 unspecified atom stereocenters. The van der Waals surface area contributed by atoms with Gasteiger partial charge in [-0.1, -0.05) is 19.9 Å². The van der Waals surface area contributed by atoms with Crippen LogP contribution in [0.15, 0.2) is 18.2 Å². The lowest BCUT2D eigenvalue weighted by Crippen LogP contribution is -2.30. The summed E-state index contributed by atoms with van der Waals surface area (Å²) in [6.45, 7) is 4.48. The number of hydrogen-bond donors (Lipinski definition) is 1. The van der Waals surface area contributed by atoms with Gasteiger partial charge in [0.25, 0.3) is 0 Å². The van der Waals surface area contributed by atoms with Crippen molar-refractivity contribution >= 4 is 5.69 Å². The summed E-state index contributed by atoms with van der Waals surface area (Å²) < 4.78 is 26.6. The molecule has 0 saturated heterocycles. The maximum Gasteiger partial charge on any atom is 0.181 e. The lowest BCUT2D eigenvalue weighted by atomic mass is 9.79. The van der Waals surface area contributed by atoms with Gasteiger partial charge in [-0.3, -0.25) is 0 Å². The van der Waals surface area contributed by atoms with Crippen LogP contribution in [0, 0.1) is 23.5 Å². The first kappa shape index (κ1) is 12.3. The van der Waals surface area contributed by atoms with E-state index in [0.717, 1.165) is 31.2 Å². The average molecular weight is 239 g/mol. The molecule has 0 aliphatic heterocycles. The zero-order valence-electron chi connectivity index (χ0n) is 10.3. The molecule has 1 aromatic carbocycles. The van der Waals surface area contributed by atoms with Crippen LogP contribution in [0.1, 0.15) is 33.1 Å². The normalized spacial score (nSPS) is 29.1. The monoisotopic (exact) mass is 239 g/mol. The van der Waals surface area contributed by atoms with Gasteiger partial charge in [-0.25, -0.2) is 8.78 Å². The summed E-state index contributed by atoms with van der Waals surface area (Å²) in [5, 5.41) is 3.13. The Kier molecular flexibility index (Phi) is 3.65. The molecule has 94 valence electrons. The van der Waals surface area contributed by atoms with E-state index in [9.17, 15) is 8.78 Å². The molecule has 0 amide bonds. The van der Waals surface area contributed by atoms with E-state index in [4.69, 9.17) is 0 Å². The summed E-state index contributed by atoms with van der Waals surface area (Å²) in [6.07, 6.45) is 3.20. The molecule has 0 heterocycles. The van der Waals surface area contributed by atoms with Crippen molar-refractivity contribution in [1.82, 2.24) is 0 Å². The van der Waals surface area contributed by atoms with Crippen LogP contribution in [-0.4, -0.2) is 6.04 Å². The van der Waals surface area contributed by atoms with E-state index in [1.54, 1.807) is 6.07 Å². The largest absolute Gasteiger partial charge is 0.380 e. The van der Waals surface area contributed by atoms with E-state index in [-0.39, 0.29) is 11.7 Å². The molecule has 1 fully saturated rings. The molecule has 1 nitrogen and oxygen atoms in total. The Hall–Kier alpha value is -1.12. The third-order valence-electron chi connectivity index (χ3n) is 3.91. The third-order valence-corrected chi connectivity index (χ3v) is 3.91. The fourth-order valence-electron chi connectivity index (χ4n) is 2.51. The highest BCUT2D eigenvalue weighted by Gasteiger charge is 2.25. The Labute approximate surface area is 101 Å². The summed E-state index contributed by atoms with van der Waals surface area (Å²) in [6, 6.07) is 4.54. The Morgan fingerprint density at radius 3 is 2.59 bits per heavy atom. The molecule has 1 N–H and O–H groups in total. The summed E-state index contributed by atoms with van der Waals surface area (Å²) in [5.41, 5.74) is 0.289. The standard InChI is InChI=1S/C14H19F2N/c1-9-6-7-11(8-10(9)2)17-13-5-3-4-12(15)14(13)16/h3-5,9-11,17H,6-8H2,1-2H3. The van der Waals surface area contributed by atoms with Gasteiger partial charge in [0, 0.05) is 6.04 Å². The minimum absolute atomic E-state index is 0.262. The van der Waals surface area contributed by atoms with E-state index in [1.807, 2.05) is 0 Å². The topological polar surface area (TPSA) is 12.0 Å². The third kappa shape index (κ3) is 2.76. The predicted octanol–water partition coefficient (Wildman–Crippen LogP) is 4.20. The van der Waals surface area contributed by atoms with Gasteiger partial charge in [-0.2, -0.15) is 0 Å². The van der Waals surface area contributed by atoms with E-state index < -0.39 is 11.6 Å². The van der Waals surface area contributed by atoms with Gasteiger partial charge < -0.3 is 5.32 Å². The van der Waals surface area contributed by atoms with E-state index in [2.05, 4.69) is 19.2 Å². The number of benzene rings is 1. The van der Waals surface area contributed by atoms with Crippen molar-refractivity contribution in [2.45, 2.75) is 39.2 Å². The van der Waals surface area contributed by atoms with Crippen LogP contribution in [0.4, 0.5) is 14.5 Å². The van der Waals surface area contributed by atoms with E-state index >= 15 is 0 Å². The molecule has 0 aromatic heterocycles. The maximum absolute atomic E-state index is 13.5. The SMILES string of the molecule is CC1CCC(Nc2cccc(F)c2F)CC1C. The maximum atomic E-state index is 13.5. The second-order valence-electron chi connectivity index (χ2n) is 5.21. The van der Waals surface area contributed by atoms with Gasteiger partial charge >= 0.3 is 0 Å². The summed E-state index contributed by atoms with van der Waals surface area (Å²) >= 11 is 0. The first-order valence-corrected chi connectivity index (χ1v) is 6.28. The smallest absolute Gasteiger partial charge is 0.181 e. The Bertz CT molecular complexity index is 392. The molecule has 1 aromatic rings. The van der Waals surface area contributed by atoms with Crippen molar-refractivity contribution in [3.8, 4) is 0 Å². The first-order chi connectivity index (χ1) is 8.08. The van der Waals surface area contributed by atoms with Crippen LogP contribution in [0.2, 0.25) is 0 Å². The van der Waals surface area contributed by atoms with Gasteiger partial charge in [0.05, 0.1) is 5.69 Å². The van der Waals surface area contributed by atoms with Crippen molar-refractivity contribution < 1.29 is 8.78 Å². The molecule has 3 heteroatoms. The van der Waals surface area contributed by atoms with E-state index in [0.29, 0.717) is 5.92 Å². The highest BCUT2D eigenvalue weighted by molar-refractivity contribution is 5.45. The predicted molar refractivity (Wildman–Crippen MR) is 65.9 cm³/mol. The van der Waals surface area contributed by atoms with E-state index in [1.165, 1.54) is 6.07 Å². The van der Waals surface area contributed by atoms with Crippen molar-refractivity contribution in [2.75, 3.05) is 5.32 Å². The molecule has 2 rings (SSSR count). The average Bonchev–Trinajstić information content (AvgIpc) is 2.30. The zero-order chi connectivity index (χ0) is 12.4. The van der Waals surface area contributed by atoms with Crippen molar-refractivity contribution in [1.29, 1.82) is 0 Å². The van der Waals surface area contributed by atoms with Crippen LogP contribution >= 0.6 is 0 Å². The molecule has 0 spiro atoms. The quantitative estimate of drug-likeness (QED) is 0.815. The molecule has 3 atom stereocenters. The Morgan fingerprint density at radius 2 is 1.88 bits per heavy atom. The van der Waals surface area contributed by atoms with Crippen LogP contribution in [0.25, 0.3) is 0 Å². The van der Waals surface area contributed by atoms with Gasteiger partial charge in [0.2, 0.25) is 0 Å². The molecule has 1 aliphatic rings. The van der Waals surface area contributed by atoms with Gasteiger partial charge in [0.15, 0.2) is 11.6 Å². The molecule has 17 heavy (non-hydrogen) atoms. The Balaban J connectivity index is 2.04. The molecular weight excluding hydrogens is 220 g/mol. The highest BCUT2D eigenvalue weighted by Crippen LogP contribution is 2.31. The minimum atomic E-state index is -0.785. The highest BCUT2D eigenvalue weighted by atomic mass is 19.2. The van der Waals surface area contributed by atoms with Crippen molar-refractivity contribution in [2.24, 2.45) is 11.8 Å². The number of halogens is 2. The van der Waals surface area contributed by atoms with Crippen molar-refractivity contribution in [3.05, 3.63) is 29.8 Å². The number of hydrogen-bond acceptors (Lipinski definition) is 1. The van der Waals surface area contributed by atoms with Gasteiger partial charge in [-0.15, -0.1) is 0 Å². The molecule has 1 aliphatic carbocycles. The summed E-state index contributed by atoms with van der Waals surface area (Å²) in [5.74, 6) is -0.186. The number of anilines is 1. The van der Waals surface area contributed by atoms with Crippen molar-refractivity contribution in [3.63, 3.8) is 0 Å². The zero-order valence-corrected chi connectivity index (χ0v) is 10.3. The lowest BCUT2D eigenvalue weighted by Gasteiger charge is -2.33. The van der Waals surface area contributed by atoms with Crippen LogP contribution in [0.3, 0.4) is 0 Å². The number of nitrogens with one attached hydrogen (secondary N) is 1. The second kappa shape index (κ2) is 5.03.